The molecule has 0 aromatic heterocycles. The van der Waals surface area contributed by atoms with Gasteiger partial charge in [-0.25, -0.2) is 0 Å². The van der Waals surface area contributed by atoms with Crippen molar-refractivity contribution in [3.05, 3.63) is 0 Å². The molecule has 1 unspecified atom stereocenters. The third-order valence-electron chi connectivity index (χ3n) is 3.58. The van der Waals surface area contributed by atoms with Crippen molar-refractivity contribution in [2.75, 3.05) is 52.5 Å². The number of ether oxygens (including phenoxy) is 1. The first kappa shape index (κ1) is 11.3. The van der Waals surface area contributed by atoms with E-state index in [0.717, 1.165) is 32.8 Å². The molecule has 0 aliphatic carbocycles. The second kappa shape index (κ2) is 5.80. The van der Waals surface area contributed by atoms with Crippen molar-refractivity contribution in [2.24, 2.45) is 5.73 Å². The van der Waals surface area contributed by atoms with Crippen LogP contribution in [0.2, 0.25) is 0 Å². The monoisotopic (exact) mass is 213 g/mol. The van der Waals surface area contributed by atoms with E-state index in [1.165, 1.54) is 32.5 Å². The zero-order chi connectivity index (χ0) is 10.5. The molecule has 2 heterocycles. The molecule has 0 bridgehead atoms. The lowest BCUT2D eigenvalue weighted by Gasteiger charge is -2.30. The van der Waals surface area contributed by atoms with Crippen LogP contribution in [0, 0.1) is 0 Å². The standard InChI is InChI=1S/C11H23N3O/c12-10-11-2-1-3-14(11)5-4-13-6-8-15-9-7-13/h11H,1-10,12H2. The van der Waals surface area contributed by atoms with Gasteiger partial charge in [0.05, 0.1) is 13.2 Å². The Hall–Kier alpha value is -0.160. The van der Waals surface area contributed by atoms with Crippen LogP contribution in [0.25, 0.3) is 0 Å². The summed E-state index contributed by atoms with van der Waals surface area (Å²) in [5, 5.41) is 0. The Kier molecular flexibility index (Phi) is 4.38. The number of hydrogen-bond acceptors (Lipinski definition) is 4. The third kappa shape index (κ3) is 3.14. The largest absolute Gasteiger partial charge is 0.379 e. The Balaban J connectivity index is 1.67. The van der Waals surface area contributed by atoms with Crippen molar-refractivity contribution in [1.82, 2.24) is 9.80 Å². The van der Waals surface area contributed by atoms with Crippen molar-refractivity contribution in [1.29, 1.82) is 0 Å². The van der Waals surface area contributed by atoms with Crippen LogP contribution in [0.5, 0.6) is 0 Å². The fourth-order valence-corrected chi connectivity index (χ4v) is 2.55. The first-order valence-electron chi connectivity index (χ1n) is 6.14. The lowest BCUT2D eigenvalue weighted by molar-refractivity contribution is 0.0329. The Morgan fingerprint density at radius 2 is 1.93 bits per heavy atom. The number of morpholine rings is 1. The van der Waals surface area contributed by atoms with E-state index in [-0.39, 0.29) is 0 Å². The van der Waals surface area contributed by atoms with Crippen LogP contribution in [0.3, 0.4) is 0 Å². The van der Waals surface area contributed by atoms with Crippen LogP contribution in [-0.4, -0.2) is 68.3 Å². The maximum Gasteiger partial charge on any atom is 0.0594 e. The molecule has 4 nitrogen and oxygen atoms in total. The maximum atomic E-state index is 5.76. The van der Waals surface area contributed by atoms with Crippen molar-refractivity contribution in [2.45, 2.75) is 18.9 Å². The minimum absolute atomic E-state index is 0.644. The minimum atomic E-state index is 0.644. The molecule has 2 rings (SSSR count). The van der Waals surface area contributed by atoms with Crippen LogP contribution >= 0.6 is 0 Å². The summed E-state index contributed by atoms with van der Waals surface area (Å²) in [5.41, 5.74) is 5.76. The Morgan fingerprint density at radius 3 is 2.67 bits per heavy atom. The van der Waals surface area contributed by atoms with Gasteiger partial charge in [-0.1, -0.05) is 0 Å². The molecule has 15 heavy (non-hydrogen) atoms. The van der Waals surface area contributed by atoms with Gasteiger partial charge in [-0.2, -0.15) is 0 Å². The predicted octanol–water partition coefficient (Wildman–Crippen LogP) is -0.258. The van der Waals surface area contributed by atoms with Gasteiger partial charge < -0.3 is 10.5 Å². The van der Waals surface area contributed by atoms with Gasteiger partial charge in [-0.05, 0) is 19.4 Å². The van der Waals surface area contributed by atoms with E-state index in [0.29, 0.717) is 6.04 Å². The number of rotatable bonds is 4. The van der Waals surface area contributed by atoms with Gasteiger partial charge in [-0.15, -0.1) is 0 Å². The molecule has 2 N–H and O–H groups in total. The predicted molar refractivity (Wildman–Crippen MR) is 60.9 cm³/mol. The molecule has 4 heteroatoms. The van der Waals surface area contributed by atoms with E-state index in [1.807, 2.05) is 0 Å². The first-order valence-corrected chi connectivity index (χ1v) is 6.14. The highest BCUT2D eigenvalue weighted by atomic mass is 16.5. The molecule has 0 amide bonds. The van der Waals surface area contributed by atoms with Gasteiger partial charge in [-0.3, -0.25) is 9.80 Å². The first-order chi connectivity index (χ1) is 7.40. The topological polar surface area (TPSA) is 41.7 Å². The zero-order valence-electron chi connectivity index (χ0n) is 9.53. The fraction of sp³-hybridized carbons (Fsp3) is 1.00. The highest BCUT2D eigenvalue weighted by Crippen LogP contribution is 2.15. The zero-order valence-corrected chi connectivity index (χ0v) is 9.53. The fourth-order valence-electron chi connectivity index (χ4n) is 2.55. The average molecular weight is 213 g/mol. The summed E-state index contributed by atoms with van der Waals surface area (Å²) in [7, 11) is 0. The number of nitrogens with zero attached hydrogens (tertiary/aromatic N) is 2. The lowest BCUT2D eigenvalue weighted by atomic mass is 10.2. The molecule has 0 spiro atoms. The van der Waals surface area contributed by atoms with Gasteiger partial charge in [0, 0.05) is 38.8 Å². The van der Waals surface area contributed by atoms with Crippen LogP contribution in [0.4, 0.5) is 0 Å². The molecule has 1 atom stereocenters. The van der Waals surface area contributed by atoms with Gasteiger partial charge in [0.2, 0.25) is 0 Å². The Bertz CT molecular complexity index is 183. The van der Waals surface area contributed by atoms with Crippen LogP contribution in [-0.2, 0) is 4.74 Å². The van der Waals surface area contributed by atoms with E-state index in [9.17, 15) is 0 Å². The summed E-state index contributed by atoms with van der Waals surface area (Å²) in [5.74, 6) is 0. The quantitative estimate of drug-likeness (QED) is 0.699. The Morgan fingerprint density at radius 1 is 1.13 bits per heavy atom. The minimum Gasteiger partial charge on any atom is -0.379 e. The molecular formula is C11H23N3O. The van der Waals surface area contributed by atoms with Crippen molar-refractivity contribution < 1.29 is 4.74 Å². The van der Waals surface area contributed by atoms with Gasteiger partial charge in [0.15, 0.2) is 0 Å². The normalized spacial score (nSPS) is 29.8. The highest BCUT2D eigenvalue weighted by Gasteiger charge is 2.23. The Labute approximate surface area is 92.4 Å². The second-order valence-corrected chi connectivity index (χ2v) is 4.52. The third-order valence-corrected chi connectivity index (χ3v) is 3.58. The van der Waals surface area contributed by atoms with Crippen LogP contribution in [0.1, 0.15) is 12.8 Å². The average Bonchev–Trinajstić information content (AvgIpc) is 2.75. The summed E-state index contributed by atoms with van der Waals surface area (Å²) >= 11 is 0. The maximum absolute atomic E-state index is 5.76. The van der Waals surface area contributed by atoms with Crippen molar-refractivity contribution >= 4 is 0 Å². The lowest BCUT2D eigenvalue weighted by Crippen LogP contribution is -2.44. The van der Waals surface area contributed by atoms with E-state index in [2.05, 4.69) is 9.80 Å². The van der Waals surface area contributed by atoms with Gasteiger partial charge in [0.1, 0.15) is 0 Å². The molecule has 2 fully saturated rings. The molecule has 2 saturated heterocycles. The second-order valence-electron chi connectivity index (χ2n) is 4.52. The molecule has 0 aromatic rings. The van der Waals surface area contributed by atoms with Crippen molar-refractivity contribution in [3.63, 3.8) is 0 Å². The smallest absolute Gasteiger partial charge is 0.0594 e. The summed E-state index contributed by atoms with van der Waals surface area (Å²) in [6, 6.07) is 0.644. The number of hydrogen-bond donors (Lipinski definition) is 1. The van der Waals surface area contributed by atoms with E-state index in [4.69, 9.17) is 10.5 Å². The summed E-state index contributed by atoms with van der Waals surface area (Å²) in [4.78, 5) is 5.05. The van der Waals surface area contributed by atoms with Crippen LogP contribution < -0.4 is 5.73 Å². The van der Waals surface area contributed by atoms with Crippen LogP contribution in [0.15, 0.2) is 0 Å². The van der Waals surface area contributed by atoms with E-state index in [1.54, 1.807) is 0 Å². The summed E-state index contributed by atoms with van der Waals surface area (Å²) in [6.45, 7) is 8.43. The van der Waals surface area contributed by atoms with Gasteiger partial charge in [0.25, 0.3) is 0 Å². The molecule has 0 radical (unpaired) electrons. The summed E-state index contributed by atoms with van der Waals surface area (Å²) < 4.78 is 5.34. The van der Waals surface area contributed by atoms with E-state index >= 15 is 0 Å². The van der Waals surface area contributed by atoms with Gasteiger partial charge >= 0.3 is 0 Å². The molecule has 0 aromatic carbocycles. The SMILES string of the molecule is NCC1CCCN1CCN1CCOCC1. The number of nitrogens with two attached hydrogens (primary N) is 1. The number of likely N-dealkylation sites (tertiary alicyclic amines) is 1. The highest BCUT2D eigenvalue weighted by molar-refractivity contribution is 4.80. The molecular weight excluding hydrogens is 190 g/mol. The van der Waals surface area contributed by atoms with E-state index < -0.39 is 0 Å². The van der Waals surface area contributed by atoms with Crippen molar-refractivity contribution in [3.8, 4) is 0 Å². The molecule has 0 saturated carbocycles. The molecule has 2 aliphatic rings. The molecule has 88 valence electrons. The molecule has 2 aliphatic heterocycles. The summed E-state index contributed by atoms with van der Waals surface area (Å²) in [6.07, 6.45) is 2.62.